The molecule has 1 atom stereocenters. The zero-order valence-corrected chi connectivity index (χ0v) is 18.2. The fourth-order valence-electron chi connectivity index (χ4n) is 4.95. The number of nitrogens with one attached hydrogen (secondary N) is 1. The van der Waals surface area contributed by atoms with Crippen LogP contribution >= 0.6 is 0 Å². The third-order valence-corrected chi connectivity index (χ3v) is 6.96. The van der Waals surface area contributed by atoms with Crippen LogP contribution in [0.25, 0.3) is 12.3 Å². The van der Waals surface area contributed by atoms with E-state index < -0.39 is 5.41 Å². The summed E-state index contributed by atoms with van der Waals surface area (Å²) in [5.41, 5.74) is 4.06. The molecule has 6 rings (SSSR count). The number of hydrogen-bond donors (Lipinski definition) is 1. The summed E-state index contributed by atoms with van der Waals surface area (Å²) in [6, 6.07) is 17.2. The van der Waals surface area contributed by atoms with Gasteiger partial charge in [-0.25, -0.2) is 4.68 Å². The summed E-state index contributed by atoms with van der Waals surface area (Å²) < 4.78 is 13.1. The first-order valence-corrected chi connectivity index (χ1v) is 11.4. The maximum Gasteiger partial charge on any atom is 0.231 e. The summed E-state index contributed by atoms with van der Waals surface area (Å²) in [6.07, 6.45) is 12.8. The molecule has 0 saturated heterocycles. The van der Waals surface area contributed by atoms with Crippen molar-refractivity contribution < 1.29 is 14.3 Å². The van der Waals surface area contributed by atoms with Crippen LogP contribution in [0.5, 0.6) is 11.5 Å². The number of nitrogens with zero attached hydrogens (tertiary/aromatic N) is 2. The summed E-state index contributed by atoms with van der Waals surface area (Å²) in [7, 11) is 0. The Labute approximate surface area is 192 Å². The maximum absolute atomic E-state index is 11.1. The van der Waals surface area contributed by atoms with Crippen LogP contribution in [0.4, 0.5) is 5.82 Å². The van der Waals surface area contributed by atoms with Crippen molar-refractivity contribution in [3.8, 4) is 11.5 Å². The van der Waals surface area contributed by atoms with E-state index in [0.29, 0.717) is 12.5 Å². The van der Waals surface area contributed by atoms with Crippen LogP contribution in [0.15, 0.2) is 60.7 Å². The molecule has 1 aliphatic heterocycles. The van der Waals surface area contributed by atoms with E-state index in [1.54, 1.807) is 6.20 Å². The van der Waals surface area contributed by atoms with E-state index in [1.807, 2.05) is 16.8 Å². The van der Waals surface area contributed by atoms with Crippen LogP contribution in [0.1, 0.15) is 41.6 Å². The number of anilines is 1. The number of carbonyl (C=O) groups is 1. The van der Waals surface area contributed by atoms with Crippen LogP contribution in [-0.4, -0.2) is 28.9 Å². The lowest BCUT2D eigenvalue weighted by Gasteiger charge is -2.35. The average Bonchev–Trinajstić information content (AvgIpc) is 3.44. The molecule has 0 spiro atoms. The third-order valence-electron chi connectivity index (χ3n) is 6.96. The zero-order valence-electron chi connectivity index (χ0n) is 18.2. The number of benzene rings is 2. The van der Waals surface area contributed by atoms with E-state index in [0.717, 1.165) is 40.4 Å². The standard InChI is InChI=1S/C27H25N3O3/c31-15-5-14-30-23-17-27(19-6-2-1-3-7-19,20-10-11-24-25(16-20)33-18-32-24)13-12-22(23)26(29-30)28-21-8-4-9-21/h1-3,5-7,10-16,21H,4,8-9,17-18H2,(H,28,29). The van der Waals surface area contributed by atoms with E-state index in [4.69, 9.17) is 14.6 Å². The molecule has 166 valence electrons. The van der Waals surface area contributed by atoms with Crippen molar-refractivity contribution in [1.82, 2.24) is 9.78 Å². The highest BCUT2D eigenvalue weighted by Gasteiger charge is 2.38. The minimum absolute atomic E-state index is 0.247. The second-order valence-corrected chi connectivity index (χ2v) is 8.82. The topological polar surface area (TPSA) is 65.4 Å². The molecule has 2 aromatic carbocycles. The molecule has 33 heavy (non-hydrogen) atoms. The van der Waals surface area contributed by atoms with Crippen molar-refractivity contribution in [2.24, 2.45) is 0 Å². The first-order valence-electron chi connectivity index (χ1n) is 11.4. The molecular formula is C27H25N3O3. The fourth-order valence-corrected chi connectivity index (χ4v) is 4.95. The molecule has 1 unspecified atom stereocenters. The largest absolute Gasteiger partial charge is 0.454 e. The number of allylic oxidation sites excluding steroid dienone is 2. The summed E-state index contributed by atoms with van der Waals surface area (Å²) in [5.74, 6) is 2.42. The Balaban J connectivity index is 1.49. The van der Waals surface area contributed by atoms with Gasteiger partial charge in [0, 0.05) is 29.6 Å². The molecule has 1 fully saturated rings. The molecular weight excluding hydrogens is 414 g/mol. The Kier molecular flexibility index (Phi) is 4.79. The number of rotatable bonds is 6. The fraction of sp³-hybridized carbons (Fsp3) is 0.259. The number of hydrogen-bond acceptors (Lipinski definition) is 5. The van der Waals surface area contributed by atoms with Crippen molar-refractivity contribution in [1.29, 1.82) is 0 Å². The number of carbonyl (C=O) groups excluding carboxylic acids is 1. The van der Waals surface area contributed by atoms with E-state index in [-0.39, 0.29) is 6.79 Å². The summed E-state index contributed by atoms with van der Waals surface area (Å²) in [6.45, 7) is 0.247. The Morgan fingerprint density at radius 1 is 1.06 bits per heavy atom. The van der Waals surface area contributed by atoms with Crippen LogP contribution in [0.2, 0.25) is 0 Å². The smallest absolute Gasteiger partial charge is 0.231 e. The number of ether oxygens (including phenoxy) is 2. The Bertz CT molecular complexity index is 1260. The second kappa shape index (κ2) is 7.96. The van der Waals surface area contributed by atoms with Crippen LogP contribution in [0.3, 0.4) is 0 Å². The Morgan fingerprint density at radius 2 is 1.91 bits per heavy atom. The third kappa shape index (κ3) is 3.33. The molecule has 0 amide bonds. The minimum atomic E-state index is -0.407. The van der Waals surface area contributed by atoms with E-state index in [9.17, 15) is 4.79 Å². The highest BCUT2D eigenvalue weighted by Crippen LogP contribution is 2.46. The van der Waals surface area contributed by atoms with Crippen LogP contribution < -0.4 is 14.8 Å². The van der Waals surface area contributed by atoms with E-state index in [1.165, 1.54) is 30.9 Å². The van der Waals surface area contributed by atoms with Gasteiger partial charge in [0.05, 0.1) is 5.69 Å². The Morgan fingerprint density at radius 3 is 2.70 bits per heavy atom. The lowest BCUT2D eigenvalue weighted by atomic mass is 9.68. The number of aldehydes is 1. The van der Waals surface area contributed by atoms with Gasteiger partial charge < -0.3 is 14.8 Å². The SMILES string of the molecule is O=CC=Cn1nc(NC2CCC2)c2c1CC(c1ccccc1)(c1ccc3c(c1)OCO3)C=C2. The van der Waals surface area contributed by atoms with Crippen molar-refractivity contribution in [2.75, 3.05) is 12.1 Å². The molecule has 6 heteroatoms. The molecule has 2 aliphatic carbocycles. The molecule has 0 radical (unpaired) electrons. The van der Waals surface area contributed by atoms with Crippen LogP contribution in [-0.2, 0) is 16.6 Å². The minimum Gasteiger partial charge on any atom is -0.454 e. The lowest BCUT2D eigenvalue weighted by molar-refractivity contribution is -0.104. The average molecular weight is 440 g/mol. The van der Waals surface area contributed by atoms with E-state index in [2.05, 4.69) is 53.9 Å². The van der Waals surface area contributed by atoms with Gasteiger partial charge in [0.2, 0.25) is 6.79 Å². The molecule has 1 N–H and O–H groups in total. The highest BCUT2D eigenvalue weighted by atomic mass is 16.7. The molecule has 1 aromatic heterocycles. The summed E-state index contributed by atoms with van der Waals surface area (Å²) in [4.78, 5) is 11.1. The molecule has 0 bridgehead atoms. The number of fused-ring (bicyclic) bond motifs is 2. The zero-order chi connectivity index (χ0) is 22.3. The normalized spacial score (nSPS) is 21.1. The molecule has 2 heterocycles. The Hall–Kier alpha value is -3.80. The van der Waals surface area contributed by atoms with Gasteiger partial charge >= 0.3 is 0 Å². The quantitative estimate of drug-likeness (QED) is 0.441. The van der Waals surface area contributed by atoms with Crippen molar-refractivity contribution >= 4 is 24.4 Å². The summed E-state index contributed by atoms with van der Waals surface area (Å²) >= 11 is 0. The van der Waals surface area contributed by atoms with Gasteiger partial charge in [-0.2, -0.15) is 5.10 Å². The molecule has 1 saturated carbocycles. The molecule has 6 nitrogen and oxygen atoms in total. The van der Waals surface area contributed by atoms with Gasteiger partial charge in [-0.1, -0.05) is 48.6 Å². The van der Waals surface area contributed by atoms with Gasteiger partial charge in [0.25, 0.3) is 0 Å². The van der Waals surface area contributed by atoms with E-state index >= 15 is 0 Å². The first kappa shape index (κ1) is 19.9. The van der Waals surface area contributed by atoms with Gasteiger partial charge in [0.1, 0.15) is 6.29 Å². The van der Waals surface area contributed by atoms with Crippen molar-refractivity contribution in [3.05, 3.63) is 83.1 Å². The predicted octanol–water partition coefficient (Wildman–Crippen LogP) is 4.80. The number of aromatic nitrogens is 2. The molecule has 3 aromatic rings. The van der Waals surface area contributed by atoms with Crippen LogP contribution in [0, 0.1) is 0 Å². The summed E-state index contributed by atoms with van der Waals surface area (Å²) in [5, 5.41) is 8.43. The first-order chi connectivity index (χ1) is 16.3. The lowest BCUT2D eigenvalue weighted by Crippen LogP contribution is -2.31. The maximum atomic E-state index is 11.1. The van der Waals surface area contributed by atoms with Gasteiger partial charge in [-0.05, 0) is 48.6 Å². The highest BCUT2D eigenvalue weighted by molar-refractivity contribution is 5.74. The van der Waals surface area contributed by atoms with Crippen molar-refractivity contribution in [3.63, 3.8) is 0 Å². The van der Waals surface area contributed by atoms with Gasteiger partial charge in [-0.3, -0.25) is 4.79 Å². The van der Waals surface area contributed by atoms with Gasteiger partial charge in [-0.15, -0.1) is 0 Å². The van der Waals surface area contributed by atoms with Crippen molar-refractivity contribution in [2.45, 2.75) is 37.1 Å². The monoisotopic (exact) mass is 439 g/mol. The predicted molar refractivity (Wildman–Crippen MR) is 127 cm³/mol. The van der Waals surface area contributed by atoms with Gasteiger partial charge in [0.15, 0.2) is 17.3 Å². The molecule has 3 aliphatic rings. The second-order valence-electron chi connectivity index (χ2n) is 8.82.